The first-order valence-corrected chi connectivity index (χ1v) is 9.16. The van der Waals surface area contributed by atoms with Gasteiger partial charge in [-0.3, -0.25) is 14.6 Å². The maximum absolute atomic E-state index is 12.8. The number of nitrogens with zero attached hydrogens (tertiary/aromatic N) is 3. The van der Waals surface area contributed by atoms with Crippen molar-refractivity contribution in [1.29, 1.82) is 0 Å². The maximum atomic E-state index is 12.8. The standard InChI is InChI=1S/C19H25N3O3/c23-18(14-21-8-9-25-19(21)24)22-12-16-6-7-17(22)13-20(11-16)10-15-4-2-1-3-5-15/h1-5,16-17H,6-14H2/t16-,17+/m1/s1. The monoisotopic (exact) mass is 343 g/mol. The summed E-state index contributed by atoms with van der Waals surface area (Å²) in [6.07, 6.45) is 1.89. The smallest absolute Gasteiger partial charge is 0.410 e. The van der Waals surface area contributed by atoms with E-state index in [9.17, 15) is 9.59 Å². The maximum Gasteiger partial charge on any atom is 0.410 e. The third-order valence-corrected chi connectivity index (χ3v) is 5.53. The molecule has 0 radical (unpaired) electrons. The number of piperidine rings is 1. The Morgan fingerprint density at radius 3 is 2.72 bits per heavy atom. The summed E-state index contributed by atoms with van der Waals surface area (Å²) in [6, 6.07) is 10.8. The zero-order valence-electron chi connectivity index (χ0n) is 14.5. The second-order valence-corrected chi connectivity index (χ2v) is 7.36. The summed E-state index contributed by atoms with van der Waals surface area (Å²) >= 11 is 0. The van der Waals surface area contributed by atoms with Gasteiger partial charge < -0.3 is 9.64 Å². The second kappa shape index (κ2) is 7.04. The third-order valence-electron chi connectivity index (χ3n) is 5.53. The molecule has 2 bridgehead atoms. The van der Waals surface area contributed by atoms with E-state index >= 15 is 0 Å². The number of rotatable bonds is 4. The molecule has 4 fully saturated rings. The van der Waals surface area contributed by atoms with Crippen molar-refractivity contribution in [2.45, 2.75) is 25.4 Å². The Hall–Kier alpha value is -2.08. The van der Waals surface area contributed by atoms with Gasteiger partial charge in [-0.25, -0.2) is 4.79 Å². The molecule has 0 N–H and O–H groups in total. The van der Waals surface area contributed by atoms with Gasteiger partial charge >= 0.3 is 6.09 Å². The molecule has 6 nitrogen and oxygen atoms in total. The van der Waals surface area contributed by atoms with Crippen molar-refractivity contribution >= 4 is 12.0 Å². The van der Waals surface area contributed by atoms with E-state index in [0.717, 1.165) is 32.6 Å². The minimum atomic E-state index is -0.362. The van der Waals surface area contributed by atoms with Crippen LogP contribution in [0.4, 0.5) is 4.79 Å². The van der Waals surface area contributed by atoms with Crippen molar-refractivity contribution in [3.8, 4) is 0 Å². The fourth-order valence-electron chi connectivity index (χ4n) is 4.28. The van der Waals surface area contributed by atoms with Gasteiger partial charge in [-0.1, -0.05) is 30.3 Å². The Bertz CT molecular complexity index is 636. The van der Waals surface area contributed by atoms with Crippen molar-refractivity contribution in [2.75, 3.05) is 39.3 Å². The summed E-state index contributed by atoms with van der Waals surface area (Å²) in [5, 5.41) is 0. The molecule has 0 unspecified atom stereocenters. The van der Waals surface area contributed by atoms with E-state index in [1.54, 1.807) is 0 Å². The van der Waals surface area contributed by atoms with Crippen LogP contribution in [0.5, 0.6) is 0 Å². The first-order valence-electron chi connectivity index (χ1n) is 9.16. The average Bonchev–Trinajstić information content (AvgIpc) is 2.82. The van der Waals surface area contributed by atoms with Gasteiger partial charge in [0.25, 0.3) is 0 Å². The molecule has 4 heterocycles. The molecule has 2 amide bonds. The quantitative estimate of drug-likeness (QED) is 0.833. The van der Waals surface area contributed by atoms with Crippen LogP contribution >= 0.6 is 0 Å². The normalized spacial score (nSPS) is 26.6. The highest BCUT2D eigenvalue weighted by Crippen LogP contribution is 2.29. The molecule has 4 aliphatic heterocycles. The molecule has 4 aliphatic rings. The van der Waals surface area contributed by atoms with E-state index in [-0.39, 0.29) is 24.6 Å². The van der Waals surface area contributed by atoms with Crippen LogP contribution in [0.1, 0.15) is 18.4 Å². The number of carbonyl (C=O) groups excluding carboxylic acids is 2. The van der Waals surface area contributed by atoms with Crippen LogP contribution in [0.15, 0.2) is 30.3 Å². The molecule has 1 aromatic rings. The van der Waals surface area contributed by atoms with Crippen LogP contribution < -0.4 is 0 Å². The van der Waals surface area contributed by atoms with Crippen LogP contribution in [0, 0.1) is 5.92 Å². The number of benzene rings is 1. The van der Waals surface area contributed by atoms with Crippen LogP contribution in [-0.4, -0.2) is 72.1 Å². The van der Waals surface area contributed by atoms with Crippen molar-refractivity contribution < 1.29 is 14.3 Å². The number of hydrogen-bond donors (Lipinski definition) is 0. The zero-order valence-corrected chi connectivity index (χ0v) is 14.5. The van der Waals surface area contributed by atoms with E-state index in [1.165, 1.54) is 16.9 Å². The molecule has 25 heavy (non-hydrogen) atoms. The fraction of sp³-hybridized carbons (Fsp3) is 0.579. The van der Waals surface area contributed by atoms with Gasteiger partial charge in [0.2, 0.25) is 5.91 Å². The Kier molecular flexibility index (Phi) is 4.61. The Morgan fingerprint density at radius 1 is 1.12 bits per heavy atom. The molecule has 134 valence electrons. The molecule has 6 heteroatoms. The molecule has 0 spiro atoms. The lowest BCUT2D eigenvalue weighted by atomic mass is 9.95. The van der Waals surface area contributed by atoms with Crippen LogP contribution in [0.2, 0.25) is 0 Å². The second-order valence-electron chi connectivity index (χ2n) is 7.36. The number of amides is 2. The van der Waals surface area contributed by atoms with E-state index in [1.807, 2.05) is 11.0 Å². The summed E-state index contributed by atoms with van der Waals surface area (Å²) in [5.74, 6) is 0.590. The summed E-state index contributed by atoms with van der Waals surface area (Å²) in [7, 11) is 0. The molecular formula is C19H25N3O3. The van der Waals surface area contributed by atoms with Gasteiger partial charge in [0.05, 0.1) is 6.54 Å². The number of cyclic esters (lactones) is 1. The van der Waals surface area contributed by atoms with Crippen LogP contribution in [0.25, 0.3) is 0 Å². The molecule has 0 saturated carbocycles. The number of hydrogen-bond acceptors (Lipinski definition) is 4. The fourth-order valence-corrected chi connectivity index (χ4v) is 4.28. The first kappa shape index (κ1) is 16.4. The van der Waals surface area contributed by atoms with Crippen molar-refractivity contribution in [3.63, 3.8) is 0 Å². The molecule has 4 saturated heterocycles. The third kappa shape index (κ3) is 3.63. The minimum Gasteiger partial charge on any atom is -0.448 e. The average molecular weight is 343 g/mol. The van der Waals surface area contributed by atoms with E-state index < -0.39 is 0 Å². The summed E-state index contributed by atoms with van der Waals surface area (Å²) in [4.78, 5) is 30.4. The molecule has 5 rings (SSSR count). The predicted molar refractivity (Wildman–Crippen MR) is 92.9 cm³/mol. The highest BCUT2D eigenvalue weighted by molar-refractivity contribution is 5.83. The van der Waals surface area contributed by atoms with Gasteiger partial charge in [-0.05, 0) is 24.3 Å². The van der Waals surface area contributed by atoms with Gasteiger partial charge in [0.1, 0.15) is 13.2 Å². The van der Waals surface area contributed by atoms with Crippen LogP contribution in [-0.2, 0) is 16.1 Å². The highest BCUT2D eigenvalue weighted by Gasteiger charge is 2.38. The summed E-state index contributed by atoms with van der Waals surface area (Å²) in [6.45, 7) is 4.78. The Labute approximate surface area is 148 Å². The molecule has 1 aromatic carbocycles. The lowest BCUT2D eigenvalue weighted by Crippen LogP contribution is -2.50. The van der Waals surface area contributed by atoms with Gasteiger partial charge in [-0.2, -0.15) is 0 Å². The minimum absolute atomic E-state index is 0.0649. The van der Waals surface area contributed by atoms with Crippen LogP contribution in [0.3, 0.4) is 0 Å². The van der Waals surface area contributed by atoms with Crippen molar-refractivity contribution in [2.24, 2.45) is 5.92 Å². The van der Waals surface area contributed by atoms with E-state index in [4.69, 9.17) is 4.74 Å². The Balaban J connectivity index is 1.40. The number of fused-ring (bicyclic) bond motifs is 4. The largest absolute Gasteiger partial charge is 0.448 e. The van der Waals surface area contributed by atoms with Gasteiger partial charge in [-0.15, -0.1) is 0 Å². The molecule has 0 aromatic heterocycles. The number of carbonyl (C=O) groups is 2. The molecule has 0 aliphatic carbocycles. The lowest BCUT2D eigenvalue weighted by molar-refractivity contribution is -0.135. The molecule has 2 atom stereocenters. The lowest BCUT2D eigenvalue weighted by Gasteiger charge is -2.37. The topological polar surface area (TPSA) is 53.1 Å². The van der Waals surface area contributed by atoms with Gasteiger partial charge in [0.15, 0.2) is 0 Å². The highest BCUT2D eigenvalue weighted by atomic mass is 16.6. The van der Waals surface area contributed by atoms with E-state index in [0.29, 0.717) is 19.1 Å². The number of ether oxygens (including phenoxy) is 1. The van der Waals surface area contributed by atoms with Gasteiger partial charge in [0, 0.05) is 32.2 Å². The molecular weight excluding hydrogens is 318 g/mol. The summed E-state index contributed by atoms with van der Waals surface area (Å²) in [5.41, 5.74) is 1.32. The summed E-state index contributed by atoms with van der Waals surface area (Å²) < 4.78 is 4.93. The van der Waals surface area contributed by atoms with Crippen molar-refractivity contribution in [1.82, 2.24) is 14.7 Å². The zero-order chi connectivity index (χ0) is 17.2. The van der Waals surface area contributed by atoms with Crippen molar-refractivity contribution in [3.05, 3.63) is 35.9 Å². The first-order chi connectivity index (χ1) is 12.2. The Morgan fingerprint density at radius 2 is 1.96 bits per heavy atom. The predicted octanol–water partition coefficient (Wildman–Crippen LogP) is 1.56. The SMILES string of the molecule is O=C1OCCN1CC(=O)N1C[C@@H]2CC[C@H]1CN(Cc1ccccc1)C2. The van der Waals surface area contributed by atoms with E-state index in [2.05, 4.69) is 29.2 Å².